The van der Waals surface area contributed by atoms with Gasteiger partial charge in [-0.1, -0.05) is 42.3 Å². The Labute approximate surface area is 148 Å². The van der Waals surface area contributed by atoms with E-state index in [-0.39, 0.29) is 5.91 Å². The molecule has 3 rings (SSSR count). The summed E-state index contributed by atoms with van der Waals surface area (Å²) in [5.74, 6) is 2.52. The van der Waals surface area contributed by atoms with Crippen LogP contribution in [0.25, 0.3) is 0 Å². The van der Waals surface area contributed by atoms with Crippen molar-refractivity contribution < 1.29 is 4.79 Å². The number of terminal acetylenes is 1. The second-order valence-electron chi connectivity index (χ2n) is 5.76. The zero-order chi connectivity index (χ0) is 17.6. The van der Waals surface area contributed by atoms with Crippen molar-refractivity contribution in [3.63, 3.8) is 0 Å². The third kappa shape index (κ3) is 3.94. The van der Waals surface area contributed by atoms with E-state index in [4.69, 9.17) is 6.42 Å². The molecular weight excluding hydrogens is 308 g/mol. The lowest BCUT2D eigenvalue weighted by atomic mass is 10.1. The number of nitrogens with zero attached hydrogens (tertiary/aromatic N) is 2. The number of aromatic nitrogens is 1. The second-order valence-corrected chi connectivity index (χ2v) is 5.76. The van der Waals surface area contributed by atoms with Gasteiger partial charge in [0.15, 0.2) is 0 Å². The van der Waals surface area contributed by atoms with Gasteiger partial charge in [0.2, 0.25) is 0 Å². The molecule has 0 bridgehead atoms. The molecule has 1 heterocycles. The Balaban J connectivity index is 2.00. The highest BCUT2D eigenvalue weighted by Crippen LogP contribution is 2.21. The fourth-order valence-corrected chi connectivity index (χ4v) is 2.56. The molecule has 3 heteroatoms. The Morgan fingerprint density at radius 1 is 1.08 bits per heavy atom. The Morgan fingerprint density at radius 3 is 2.56 bits per heavy atom. The normalized spacial score (nSPS) is 10.1. The number of carbonyl (C=O) groups excluding carboxylic acids is 1. The number of aryl methyl sites for hydroxylation is 1. The summed E-state index contributed by atoms with van der Waals surface area (Å²) in [5.41, 5.74) is 3.98. The third-order valence-corrected chi connectivity index (χ3v) is 3.91. The van der Waals surface area contributed by atoms with Crippen LogP contribution in [0, 0.1) is 19.3 Å². The summed E-state index contributed by atoms with van der Waals surface area (Å²) < 4.78 is 0. The molecule has 0 unspecified atom stereocenters. The SMILES string of the molecule is C#Cc1cccc(N(Cc2ccccc2)C(=O)c2ccc(C)nc2)c1. The van der Waals surface area contributed by atoms with Gasteiger partial charge in [-0.3, -0.25) is 9.78 Å². The molecule has 0 fully saturated rings. The number of amides is 1. The zero-order valence-corrected chi connectivity index (χ0v) is 14.0. The fraction of sp³-hybridized carbons (Fsp3) is 0.0909. The van der Waals surface area contributed by atoms with E-state index in [0.717, 1.165) is 22.5 Å². The maximum absolute atomic E-state index is 13.1. The van der Waals surface area contributed by atoms with Gasteiger partial charge in [-0.25, -0.2) is 0 Å². The molecule has 2 aromatic carbocycles. The smallest absolute Gasteiger partial charge is 0.260 e. The van der Waals surface area contributed by atoms with Crippen molar-refractivity contribution in [2.24, 2.45) is 0 Å². The summed E-state index contributed by atoms with van der Waals surface area (Å²) in [5, 5.41) is 0. The van der Waals surface area contributed by atoms with Gasteiger partial charge in [0.05, 0.1) is 12.1 Å². The summed E-state index contributed by atoms with van der Waals surface area (Å²) >= 11 is 0. The predicted molar refractivity (Wildman–Crippen MR) is 100 cm³/mol. The Morgan fingerprint density at radius 2 is 1.88 bits per heavy atom. The molecule has 0 aliphatic heterocycles. The summed E-state index contributed by atoms with van der Waals surface area (Å²) in [6, 6.07) is 21.0. The maximum Gasteiger partial charge on any atom is 0.260 e. The summed E-state index contributed by atoms with van der Waals surface area (Å²) in [6.07, 6.45) is 7.12. The largest absolute Gasteiger partial charge is 0.304 e. The Hall–Kier alpha value is -3.38. The summed E-state index contributed by atoms with van der Waals surface area (Å²) in [6.45, 7) is 2.36. The minimum absolute atomic E-state index is 0.106. The van der Waals surface area contributed by atoms with E-state index in [1.165, 1.54) is 0 Å². The van der Waals surface area contributed by atoms with Gasteiger partial charge < -0.3 is 4.90 Å². The van der Waals surface area contributed by atoms with Crippen molar-refractivity contribution in [3.05, 3.63) is 95.3 Å². The van der Waals surface area contributed by atoms with Crippen LogP contribution in [0.1, 0.15) is 27.2 Å². The van der Waals surface area contributed by atoms with Crippen molar-refractivity contribution >= 4 is 11.6 Å². The van der Waals surface area contributed by atoms with Gasteiger partial charge in [-0.15, -0.1) is 6.42 Å². The number of hydrogen-bond acceptors (Lipinski definition) is 2. The van der Waals surface area contributed by atoms with Crippen LogP contribution in [-0.2, 0) is 6.54 Å². The standard InChI is InChI=1S/C22H18N2O/c1-3-18-10-7-11-21(14-18)24(16-19-8-5-4-6-9-19)22(25)20-13-12-17(2)23-15-20/h1,4-15H,16H2,2H3. The van der Waals surface area contributed by atoms with Gasteiger partial charge >= 0.3 is 0 Å². The molecule has 3 nitrogen and oxygen atoms in total. The number of pyridine rings is 1. The number of hydrogen-bond donors (Lipinski definition) is 0. The minimum atomic E-state index is -0.106. The fourth-order valence-electron chi connectivity index (χ4n) is 2.56. The molecule has 1 aromatic heterocycles. The predicted octanol–water partition coefficient (Wildman–Crippen LogP) is 4.22. The van der Waals surface area contributed by atoms with Crippen molar-refractivity contribution in [3.8, 4) is 12.3 Å². The van der Waals surface area contributed by atoms with E-state index in [1.807, 2.05) is 67.6 Å². The molecular formula is C22H18N2O. The first-order valence-corrected chi connectivity index (χ1v) is 8.02. The van der Waals surface area contributed by atoms with Gasteiger partial charge in [0, 0.05) is 23.1 Å². The second kappa shape index (κ2) is 7.46. The zero-order valence-electron chi connectivity index (χ0n) is 14.0. The highest BCUT2D eigenvalue weighted by molar-refractivity contribution is 6.05. The van der Waals surface area contributed by atoms with Crippen LogP contribution in [0.15, 0.2) is 72.9 Å². The molecule has 122 valence electrons. The van der Waals surface area contributed by atoms with Crippen LogP contribution >= 0.6 is 0 Å². The lowest BCUT2D eigenvalue weighted by Gasteiger charge is -2.23. The molecule has 3 aromatic rings. The number of carbonyl (C=O) groups is 1. The monoisotopic (exact) mass is 326 g/mol. The average Bonchev–Trinajstić information content (AvgIpc) is 2.67. The molecule has 0 aliphatic rings. The summed E-state index contributed by atoms with van der Waals surface area (Å²) in [7, 11) is 0. The van der Waals surface area contributed by atoms with Gasteiger partial charge in [0.25, 0.3) is 5.91 Å². The lowest BCUT2D eigenvalue weighted by Crippen LogP contribution is -2.30. The van der Waals surface area contributed by atoms with E-state index in [0.29, 0.717) is 12.1 Å². The minimum Gasteiger partial charge on any atom is -0.304 e. The van der Waals surface area contributed by atoms with Crippen LogP contribution in [0.2, 0.25) is 0 Å². The highest BCUT2D eigenvalue weighted by Gasteiger charge is 2.18. The molecule has 0 atom stereocenters. The van der Waals surface area contributed by atoms with Crippen LogP contribution < -0.4 is 4.90 Å². The molecule has 0 spiro atoms. The van der Waals surface area contributed by atoms with Crippen LogP contribution in [0.4, 0.5) is 5.69 Å². The summed E-state index contributed by atoms with van der Waals surface area (Å²) in [4.78, 5) is 19.1. The molecule has 0 radical (unpaired) electrons. The molecule has 25 heavy (non-hydrogen) atoms. The van der Waals surface area contributed by atoms with E-state index >= 15 is 0 Å². The lowest BCUT2D eigenvalue weighted by molar-refractivity contribution is 0.0985. The number of anilines is 1. The van der Waals surface area contributed by atoms with Crippen LogP contribution in [0.3, 0.4) is 0 Å². The molecule has 1 amide bonds. The van der Waals surface area contributed by atoms with Crippen molar-refractivity contribution in [1.29, 1.82) is 0 Å². The average molecular weight is 326 g/mol. The van der Waals surface area contributed by atoms with Gasteiger partial charge in [-0.2, -0.15) is 0 Å². The van der Waals surface area contributed by atoms with Crippen LogP contribution in [0.5, 0.6) is 0 Å². The quantitative estimate of drug-likeness (QED) is 0.673. The first-order chi connectivity index (χ1) is 12.2. The number of benzene rings is 2. The van der Waals surface area contributed by atoms with Crippen molar-refractivity contribution in [1.82, 2.24) is 4.98 Å². The van der Waals surface area contributed by atoms with Gasteiger partial charge in [0.1, 0.15) is 0 Å². The maximum atomic E-state index is 13.1. The number of rotatable bonds is 4. The van der Waals surface area contributed by atoms with Gasteiger partial charge in [-0.05, 0) is 42.8 Å². The molecule has 0 saturated carbocycles. The molecule has 0 saturated heterocycles. The van der Waals surface area contributed by atoms with Crippen molar-refractivity contribution in [2.75, 3.05) is 4.90 Å². The highest BCUT2D eigenvalue weighted by atomic mass is 16.2. The Kier molecular flexibility index (Phi) is 4.92. The first kappa shape index (κ1) is 16.5. The third-order valence-electron chi connectivity index (χ3n) is 3.91. The van der Waals surface area contributed by atoms with Crippen LogP contribution in [-0.4, -0.2) is 10.9 Å². The van der Waals surface area contributed by atoms with Crippen molar-refractivity contribution in [2.45, 2.75) is 13.5 Å². The molecule has 0 aliphatic carbocycles. The van der Waals surface area contributed by atoms with E-state index in [2.05, 4.69) is 10.9 Å². The molecule has 0 N–H and O–H groups in total. The van der Waals surface area contributed by atoms with E-state index < -0.39 is 0 Å². The topological polar surface area (TPSA) is 33.2 Å². The first-order valence-electron chi connectivity index (χ1n) is 8.02. The van der Waals surface area contributed by atoms with E-state index in [9.17, 15) is 4.79 Å². The van der Waals surface area contributed by atoms with E-state index in [1.54, 1.807) is 17.2 Å². The Bertz CT molecular complexity index is 909.